The van der Waals surface area contributed by atoms with Gasteiger partial charge in [-0.1, -0.05) is 30.0 Å². The van der Waals surface area contributed by atoms with Crippen LogP contribution in [0.25, 0.3) is 0 Å². The first-order chi connectivity index (χ1) is 14.6. The van der Waals surface area contributed by atoms with Crippen LogP contribution >= 0.6 is 0 Å². The second-order valence-corrected chi connectivity index (χ2v) is 5.86. The van der Waals surface area contributed by atoms with Gasteiger partial charge in [0.1, 0.15) is 31.4 Å². The Morgan fingerprint density at radius 1 is 1.10 bits per heavy atom. The van der Waals surface area contributed by atoms with Crippen LogP contribution in [0.1, 0.15) is 11.7 Å². The third kappa shape index (κ3) is 6.44. The van der Waals surface area contributed by atoms with E-state index in [1.807, 2.05) is 0 Å². The second kappa shape index (κ2) is 12.0. The Hall–Kier alpha value is -3.68. The SMILES string of the molecule is C#CCOc1ccc(OCCNC(=O)C(OCC#C)c2ccccc2F)cc1OC. The van der Waals surface area contributed by atoms with Crippen molar-refractivity contribution in [3.8, 4) is 41.9 Å². The molecule has 1 N–H and O–H groups in total. The molecule has 6 nitrogen and oxygen atoms in total. The molecule has 2 aromatic carbocycles. The van der Waals surface area contributed by atoms with Crippen molar-refractivity contribution < 1.29 is 28.1 Å². The van der Waals surface area contributed by atoms with Crippen molar-refractivity contribution in [2.75, 3.05) is 33.5 Å². The summed E-state index contributed by atoms with van der Waals surface area (Å²) in [4.78, 5) is 12.5. The molecular weight excluding hydrogens is 389 g/mol. The van der Waals surface area contributed by atoms with Gasteiger partial charge in [0.05, 0.1) is 13.7 Å². The van der Waals surface area contributed by atoms with Crippen molar-refractivity contribution in [2.45, 2.75) is 6.10 Å². The molecule has 0 radical (unpaired) electrons. The summed E-state index contributed by atoms with van der Waals surface area (Å²) in [6.07, 6.45) is 9.22. The zero-order chi connectivity index (χ0) is 21.8. The van der Waals surface area contributed by atoms with Gasteiger partial charge in [-0.05, 0) is 18.2 Å². The summed E-state index contributed by atoms with van der Waals surface area (Å²) in [5.74, 6) is 5.06. The van der Waals surface area contributed by atoms with E-state index < -0.39 is 17.8 Å². The van der Waals surface area contributed by atoms with E-state index in [1.165, 1.54) is 25.3 Å². The molecule has 0 aliphatic heterocycles. The first kappa shape index (κ1) is 22.6. The van der Waals surface area contributed by atoms with E-state index in [9.17, 15) is 9.18 Å². The number of methoxy groups -OCH3 is 1. The Balaban J connectivity index is 1.92. The normalized spacial score (nSPS) is 10.9. The first-order valence-electron chi connectivity index (χ1n) is 9.05. The maximum Gasteiger partial charge on any atom is 0.254 e. The molecule has 1 amide bonds. The standard InChI is InChI=1S/C23H22FNO5/c1-4-13-29-20-11-10-17(16-21(20)27-3)28-15-12-25-23(26)22(30-14-5-2)18-8-6-7-9-19(18)24/h1-2,6-11,16,22H,12-15H2,3H3,(H,25,26). The highest BCUT2D eigenvalue weighted by Gasteiger charge is 2.23. The average molecular weight is 411 g/mol. The molecule has 0 saturated carbocycles. The zero-order valence-electron chi connectivity index (χ0n) is 16.5. The average Bonchev–Trinajstić information content (AvgIpc) is 2.76. The third-order valence-electron chi connectivity index (χ3n) is 3.88. The quantitative estimate of drug-likeness (QED) is 0.455. The molecular formula is C23H22FNO5. The molecule has 0 aliphatic rings. The maximum atomic E-state index is 14.0. The van der Waals surface area contributed by atoms with Crippen LogP contribution in [0.15, 0.2) is 42.5 Å². The Morgan fingerprint density at radius 2 is 1.87 bits per heavy atom. The van der Waals surface area contributed by atoms with Crippen molar-refractivity contribution in [1.29, 1.82) is 0 Å². The van der Waals surface area contributed by atoms with Gasteiger partial charge in [-0.15, -0.1) is 12.8 Å². The van der Waals surface area contributed by atoms with Gasteiger partial charge < -0.3 is 24.3 Å². The van der Waals surface area contributed by atoms with Gasteiger partial charge in [-0.25, -0.2) is 4.39 Å². The van der Waals surface area contributed by atoms with Gasteiger partial charge in [0.15, 0.2) is 17.6 Å². The largest absolute Gasteiger partial charge is 0.493 e. The lowest BCUT2D eigenvalue weighted by molar-refractivity contribution is -0.132. The topological polar surface area (TPSA) is 66.0 Å². The van der Waals surface area contributed by atoms with Crippen molar-refractivity contribution in [2.24, 2.45) is 0 Å². The molecule has 0 aromatic heterocycles. The number of ether oxygens (including phenoxy) is 4. The zero-order valence-corrected chi connectivity index (χ0v) is 16.5. The summed E-state index contributed by atoms with van der Waals surface area (Å²) in [6, 6.07) is 10.9. The number of benzene rings is 2. The van der Waals surface area contributed by atoms with Gasteiger partial charge in [0.25, 0.3) is 5.91 Å². The molecule has 156 valence electrons. The number of amides is 1. The number of rotatable bonds is 11. The predicted molar refractivity (Wildman–Crippen MR) is 110 cm³/mol. The number of hydrogen-bond donors (Lipinski definition) is 1. The van der Waals surface area contributed by atoms with E-state index in [0.29, 0.717) is 17.2 Å². The summed E-state index contributed by atoms with van der Waals surface area (Å²) in [5.41, 5.74) is 0.110. The van der Waals surface area contributed by atoms with Crippen molar-refractivity contribution in [3.05, 3.63) is 53.8 Å². The van der Waals surface area contributed by atoms with E-state index in [1.54, 1.807) is 24.3 Å². The summed E-state index contributed by atoms with van der Waals surface area (Å²) in [7, 11) is 1.50. The minimum atomic E-state index is -1.16. The fourth-order valence-electron chi connectivity index (χ4n) is 2.54. The van der Waals surface area contributed by atoms with Gasteiger partial charge in [-0.3, -0.25) is 4.79 Å². The van der Waals surface area contributed by atoms with E-state index in [4.69, 9.17) is 31.8 Å². The molecule has 0 spiro atoms. The fourth-order valence-corrected chi connectivity index (χ4v) is 2.54. The van der Waals surface area contributed by atoms with Crippen LogP contribution in [-0.2, 0) is 9.53 Å². The van der Waals surface area contributed by atoms with Gasteiger partial charge in [0, 0.05) is 11.6 Å². The molecule has 2 rings (SSSR count). The minimum absolute atomic E-state index is 0.110. The molecule has 0 fully saturated rings. The van der Waals surface area contributed by atoms with E-state index in [-0.39, 0.29) is 31.9 Å². The molecule has 1 atom stereocenters. The molecule has 7 heteroatoms. The van der Waals surface area contributed by atoms with Crippen LogP contribution in [0.4, 0.5) is 4.39 Å². The number of carbonyl (C=O) groups is 1. The van der Waals surface area contributed by atoms with Crippen LogP contribution in [0.3, 0.4) is 0 Å². The smallest absolute Gasteiger partial charge is 0.254 e. The van der Waals surface area contributed by atoms with E-state index in [2.05, 4.69) is 17.2 Å². The Bertz CT molecular complexity index is 932. The van der Waals surface area contributed by atoms with Gasteiger partial charge >= 0.3 is 0 Å². The molecule has 0 saturated heterocycles. The third-order valence-corrected chi connectivity index (χ3v) is 3.88. The van der Waals surface area contributed by atoms with Gasteiger partial charge in [0.2, 0.25) is 0 Å². The van der Waals surface area contributed by atoms with Gasteiger partial charge in [-0.2, -0.15) is 0 Å². The number of nitrogens with one attached hydrogen (secondary N) is 1. The van der Waals surface area contributed by atoms with Crippen molar-refractivity contribution in [1.82, 2.24) is 5.32 Å². The van der Waals surface area contributed by atoms with E-state index in [0.717, 1.165) is 0 Å². The lowest BCUT2D eigenvalue weighted by atomic mass is 10.1. The minimum Gasteiger partial charge on any atom is -0.493 e. The summed E-state index contributed by atoms with van der Waals surface area (Å²) in [6.45, 7) is 0.323. The van der Waals surface area contributed by atoms with Crippen molar-refractivity contribution in [3.63, 3.8) is 0 Å². The van der Waals surface area contributed by atoms with Crippen LogP contribution < -0.4 is 19.5 Å². The van der Waals surface area contributed by atoms with Crippen molar-refractivity contribution >= 4 is 5.91 Å². The van der Waals surface area contributed by atoms with Crippen LogP contribution in [0, 0.1) is 30.5 Å². The number of halogens is 1. The summed E-state index contributed by atoms with van der Waals surface area (Å²) < 4.78 is 35.6. The fraction of sp³-hybridized carbons (Fsp3) is 0.261. The maximum absolute atomic E-state index is 14.0. The van der Waals surface area contributed by atoms with E-state index >= 15 is 0 Å². The first-order valence-corrected chi connectivity index (χ1v) is 9.05. The van der Waals surface area contributed by atoms with Crippen LogP contribution in [-0.4, -0.2) is 39.4 Å². The summed E-state index contributed by atoms with van der Waals surface area (Å²) >= 11 is 0. The highest BCUT2D eigenvalue weighted by atomic mass is 19.1. The number of carbonyl (C=O) groups excluding carboxylic acids is 1. The molecule has 0 bridgehead atoms. The number of terminal acetylenes is 2. The molecule has 30 heavy (non-hydrogen) atoms. The highest BCUT2D eigenvalue weighted by Crippen LogP contribution is 2.31. The van der Waals surface area contributed by atoms with Crippen LogP contribution in [0.5, 0.6) is 17.2 Å². The molecule has 2 aromatic rings. The predicted octanol–water partition coefficient (Wildman–Crippen LogP) is 2.73. The monoisotopic (exact) mass is 411 g/mol. The Morgan fingerprint density at radius 3 is 2.57 bits per heavy atom. The Kier molecular flexibility index (Phi) is 9.05. The van der Waals surface area contributed by atoms with Crippen LogP contribution in [0.2, 0.25) is 0 Å². The molecule has 1 unspecified atom stereocenters. The lowest BCUT2D eigenvalue weighted by Gasteiger charge is -2.17. The lowest BCUT2D eigenvalue weighted by Crippen LogP contribution is -2.34. The summed E-state index contributed by atoms with van der Waals surface area (Å²) in [5, 5.41) is 2.65. The number of hydrogen-bond acceptors (Lipinski definition) is 5. The molecule has 0 heterocycles. The highest BCUT2D eigenvalue weighted by molar-refractivity contribution is 5.82. The Labute approximate surface area is 175 Å². The second-order valence-electron chi connectivity index (χ2n) is 5.86. The molecule has 0 aliphatic carbocycles.